The van der Waals surface area contributed by atoms with Gasteiger partial charge >= 0.3 is 0 Å². The van der Waals surface area contributed by atoms with E-state index in [0.29, 0.717) is 11.3 Å². The lowest BCUT2D eigenvalue weighted by molar-refractivity contribution is 0.102. The molecule has 0 bridgehead atoms. The maximum absolute atomic E-state index is 13.1. The molecule has 2 aromatic rings. The topological polar surface area (TPSA) is 94.0 Å². The average Bonchev–Trinajstić information content (AvgIpc) is 2.37. The van der Waals surface area contributed by atoms with E-state index in [9.17, 15) is 9.18 Å². The summed E-state index contributed by atoms with van der Waals surface area (Å²) in [5.74, 6) is -0.647. The van der Waals surface area contributed by atoms with Gasteiger partial charge in [-0.2, -0.15) is 0 Å². The van der Waals surface area contributed by atoms with Crippen molar-refractivity contribution in [3.05, 3.63) is 47.4 Å². The van der Waals surface area contributed by atoms with Gasteiger partial charge in [0.05, 0.1) is 11.3 Å². The molecule has 0 radical (unpaired) electrons. The zero-order valence-electron chi connectivity index (χ0n) is 10.3. The first-order chi connectivity index (χ1) is 8.99. The van der Waals surface area contributed by atoms with Gasteiger partial charge in [0.2, 0.25) is 0 Å². The number of carbonyl (C=O) groups is 1. The molecule has 0 saturated carbocycles. The Bertz CT molecular complexity index is 643. The third-order valence-electron chi connectivity index (χ3n) is 2.68. The van der Waals surface area contributed by atoms with Crippen LogP contribution in [0, 0.1) is 12.7 Å². The number of nitrogen functional groups attached to an aromatic ring is 2. The number of hydrogen-bond acceptors (Lipinski definition) is 4. The summed E-state index contributed by atoms with van der Waals surface area (Å²) in [6.45, 7) is 1.61. The van der Waals surface area contributed by atoms with Crippen LogP contribution in [0.2, 0.25) is 0 Å². The van der Waals surface area contributed by atoms with Crippen molar-refractivity contribution in [3.8, 4) is 0 Å². The third-order valence-corrected chi connectivity index (χ3v) is 2.68. The first kappa shape index (κ1) is 12.8. The summed E-state index contributed by atoms with van der Waals surface area (Å²) in [7, 11) is 0. The van der Waals surface area contributed by atoms with Gasteiger partial charge in [-0.25, -0.2) is 9.37 Å². The minimum absolute atomic E-state index is 0.0999. The Morgan fingerprint density at radius 1 is 1.32 bits per heavy atom. The number of nitrogens with zero attached hydrogens (tertiary/aromatic N) is 1. The average molecular weight is 260 g/mol. The summed E-state index contributed by atoms with van der Waals surface area (Å²) >= 11 is 0. The van der Waals surface area contributed by atoms with Crippen LogP contribution in [-0.2, 0) is 0 Å². The highest BCUT2D eigenvalue weighted by atomic mass is 19.1. The molecule has 6 heteroatoms. The Morgan fingerprint density at radius 3 is 2.74 bits per heavy atom. The first-order valence-electron chi connectivity index (χ1n) is 5.56. The van der Waals surface area contributed by atoms with Gasteiger partial charge in [-0.1, -0.05) is 0 Å². The van der Waals surface area contributed by atoms with E-state index >= 15 is 0 Å². The molecule has 5 nitrogen and oxygen atoms in total. The second kappa shape index (κ2) is 4.93. The summed E-state index contributed by atoms with van der Waals surface area (Å²) in [5.41, 5.74) is 12.5. The maximum Gasteiger partial charge on any atom is 0.257 e. The lowest BCUT2D eigenvalue weighted by Gasteiger charge is -2.09. The van der Waals surface area contributed by atoms with Crippen molar-refractivity contribution >= 4 is 23.1 Å². The van der Waals surface area contributed by atoms with E-state index < -0.39 is 5.91 Å². The van der Waals surface area contributed by atoms with Crippen LogP contribution in [0.4, 0.5) is 21.6 Å². The molecule has 1 aromatic carbocycles. The number of anilines is 3. The minimum atomic E-state index is -0.419. The van der Waals surface area contributed by atoms with Crippen molar-refractivity contribution in [2.24, 2.45) is 0 Å². The SMILES string of the molecule is Cc1cc(NC(=O)c2ccnc(N)c2N)ccc1F. The van der Waals surface area contributed by atoms with Crippen molar-refractivity contribution in [2.45, 2.75) is 6.92 Å². The van der Waals surface area contributed by atoms with Crippen molar-refractivity contribution < 1.29 is 9.18 Å². The molecule has 0 unspecified atom stereocenters. The molecule has 0 aliphatic carbocycles. The van der Waals surface area contributed by atoms with Crippen LogP contribution < -0.4 is 16.8 Å². The largest absolute Gasteiger partial charge is 0.395 e. The lowest BCUT2D eigenvalue weighted by Crippen LogP contribution is -2.15. The highest BCUT2D eigenvalue weighted by Gasteiger charge is 2.12. The number of halogens is 1. The van der Waals surface area contributed by atoms with Crippen molar-refractivity contribution in [3.63, 3.8) is 0 Å². The molecule has 5 N–H and O–H groups in total. The van der Waals surface area contributed by atoms with E-state index in [-0.39, 0.29) is 22.9 Å². The zero-order valence-corrected chi connectivity index (χ0v) is 10.3. The molecular formula is C13H13FN4O. The van der Waals surface area contributed by atoms with Crippen LogP contribution >= 0.6 is 0 Å². The van der Waals surface area contributed by atoms with Gasteiger partial charge in [0.25, 0.3) is 5.91 Å². The number of aromatic nitrogens is 1. The van der Waals surface area contributed by atoms with E-state index in [4.69, 9.17) is 11.5 Å². The third kappa shape index (κ3) is 2.62. The summed E-state index contributed by atoms with van der Waals surface area (Å²) in [6, 6.07) is 5.77. The lowest BCUT2D eigenvalue weighted by atomic mass is 10.1. The Morgan fingerprint density at radius 2 is 2.05 bits per heavy atom. The normalized spacial score (nSPS) is 10.2. The van der Waals surface area contributed by atoms with Gasteiger partial charge in [0.1, 0.15) is 11.6 Å². The van der Waals surface area contributed by atoms with E-state index in [1.165, 1.54) is 30.5 Å². The van der Waals surface area contributed by atoms with Crippen LogP contribution in [-0.4, -0.2) is 10.9 Å². The molecule has 19 heavy (non-hydrogen) atoms. The molecule has 0 saturated heterocycles. The monoisotopic (exact) mass is 260 g/mol. The summed E-state index contributed by atoms with van der Waals surface area (Å²) in [6.07, 6.45) is 1.40. The summed E-state index contributed by atoms with van der Waals surface area (Å²) in [5, 5.41) is 2.63. The number of pyridine rings is 1. The molecular weight excluding hydrogens is 247 g/mol. The van der Waals surface area contributed by atoms with Crippen LogP contribution in [0.25, 0.3) is 0 Å². The van der Waals surface area contributed by atoms with Gasteiger partial charge in [0, 0.05) is 11.9 Å². The van der Waals surface area contributed by atoms with Gasteiger partial charge in [-0.15, -0.1) is 0 Å². The van der Waals surface area contributed by atoms with Crippen molar-refractivity contribution in [1.82, 2.24) is 4.98 Å². The molecule has 1 amide bonds. The van der Waals surface area contributed by atoms with Crippen LogP contribution in [0.1, 0.15) is 15.9 Å². The fraction of sp³-hybridized carbons (Fsp3) is 0.0769. The van der Waals surface area contributed by atoms with Gasteiger partial charge in [-0.3, -0.25) is 4.79 Å². The number of benzene rings is 1. The Balaban J connectivity index is 2.26. The number of carbonyl (C=O) groups excluding carboxylic acids is 1. The van der Waals surface area contributed by atoms with Crippen LogP contribution in [0.5, 0.6) is 0 Å². The zero-order chi connectivity index (χ0) is 14.0. The van der Waals surface area contributed by atoms with Gasteiger partial charge in [-0.05, 0) is 36.8 Å². The first-order valence-corrected chi connectivity index (χ1v) is 5.56. The molecule has 0 atom stereocenters. The van der Waals surface area contributed by atoms with E-state index in [0.717, 1.165) is 0 Å². The number of rotatable bonds is 2. The fourth-order valence-corrected chi connectivity index (χ4v) is 1.61. The molecule has 1 aromatic heterocycles. The quantitative estimate of drug-likeness (QED) is 0.769. The number of amides is 1. The highest BCUT2D eigenvalue weighted by molar-refractivity contribution is 6.08. The van der Waals surface area contributed by atoms with Crippen LogP contribution in [0.3, 0.4) is 0 Å². The fourth-order valence-electron chi connectivity index (χ4n) is 1.61. The van der Waals surface area contributed by atoms with E-state index in [1.807, 2.05) is 0 Å². The van der Waals surface area contributed by atoms with Crippen molar-refractivity contribution in [2.75, 3.05) is 16.8 Å². The second-order valence-corrected chi connectivity index (χ2v) is 4.08. The number of nitrogens with two attached hydrogens (primary N) is 2. The van der Waals surface area contributed by atoms with Crippen molar-refractivity contribution in [1.29, 1.82) is 0 Å². The van der Waals surface area contributed by atoms with Gasteiger partial charge < -0.3 is 16.8 Å². The molecule has 0 aliphatic rings. The Hall–Kier alpha value is -2.63. The minimum Gasteiger partial charge on any atom is -0.395 e. The van der Waals surface area contributed by atoms with Gasteiger partial charge in [0.15, 0.2) is 0 Å². The number of hydrogen-bond donors (Lipinski definition) is 3. The molecule has 0 spiro atoms. The summed E-state index contributed by atoms with van der Waals surface area (Å²) in [4.78, 5) is 15.8. The van der Waals surface area contributed by atoms with E-state index in [2.05, 4.69) is 10.3 Å². The Kier molecular flexibility index (Phi) is 3.33. The van der Waals surface area contributed by atoms with E-state index in [1.54, 1.807) is 6.92 Å². The predicted molar refractivity (Wildman–Crippen MR) is 72.2 cm³/mol. The molecule has 2 rings (SSSR count). The second-order valence-electron chi connectivity index (χ2n) is 4.08. The maximum atomic E-state index is 13.1. The molecule has 1 heterocycles. The number of aryl methyl sites for hydroxylation is 1. The Labute approximate surface area is 109 Å². The number of nitrogens with one attached hydrogen (secondary N) is 1. The molecule has 0 aliphatic heterocycles. The smallest absolute Gasteiger partial charge is 0.257 e. The molecule has 0 fully saturated rings. The standard InChI is InChI=1S/C13H13FN4O/c1-7-6-8(2-3-10(7)14)18-13(19)9-4-5-17-12(16)11(9)15/h2-6H,15H2,1H3,(H2,16,17)(H,18,19). The highest BCUT2D eigenvalue weighted by Crippen LogP contribution is 2.19. The molecule has 98 valence electrons. The van der Waals surface area contributed by atoms with Crippen LogP contribution in [0.15, 0.2) is 30.5 Å². The summed E-state index contributed by atoms with van der Waals surface area (Å²) < 4.78 is 13.1. The predicted octanol–water partition coefficient (Wildman–Crippen LogP) is 1.95.